The van der Waals surface area contributed by atoms with Gasteiger partial charge in [-0.1, -0.05) is 12.1 Å². The molecule has 20 heavy (non-hydrogen) atoms. The van der Waals surface area contributed by atoms with Gasteiger partial charge in [-0.05, 0) is 40.8 Å². The van der Waals surface area contributed by atoms with E-state index in [1.807, 2.05) is 18.2 Å². The minimum absolute atomic E-state index is 0.140. The highest BCUT2D eigenvalue weighted by molar-refractivity contribution is 14.1. The van der Waals surface area contributed by atoms with E-state index in [9.17, 15) is 14.9 Å². The van der Waals surface area contributed by atoms with Crippen molar-refractivity contribution in [1.29, 1.82) is 0 Å². The SMILES string of the molecule is O=C(O)c1cc([N+](=O)[O-])ccc1Nc1ccccc1I. The third kappa shape index (κ3) is 3.05. The van der Waals surface area contributed by atoms with Crippen molar-refractivity contribution in [3.63, 3.8) is 0 Å². The predicted molar refractivity (Wildman–Crippen MR) is 82.5 cm³/mol. The van der Waals surface area contributed by atoms with Crippen molar-refractivity contribution < 1.29 is 14.8 Å². The minimum Gasteiger partial charge on any atom is -0.478 e. The molecule has 0 aromatic heterocycles. The molecule has 2 aromatic rings. The summed E-state index contributed by atoms with van der Waals surface area (Å²) in [7, 11) is 0. The van der Waals surface area contributed by atoms with Crippen LogP contribution < -0.4 is 5.32 Å². The summed E-state index contributed by atoms with van der Waals surface area (Å²) in [5.41, 5.74) is 0.659. The second-order valence-electron chi connectivity index (χ2n) is 3.90. The fourth-order valence-electron chi connectivity index (χ4n) is 1.64. The Hall–Kier alpha value is -2.16. The van der Waals surface area contributed by atoms with Gasteiger partial charge >= 0.3 is 5.97 Å². The lowest BCUT2D eigenvalue weighted by Crippen LogP contribution is -2.04. The van der Waals surface area contributed by atoms with Gasteiger partial charge in [0.1, 0.15) is 0 Å². The topological polar surface area (TPSA) is 92.5 Å². The van der Waals surface area contributed by atoms with Crippen molar-refractivity contribution in [2.45, 2.75) is 0 Å². The number of hydrogen-bond acceptors (Lipinski definition) is 4. The van der Waals surface area contributed by atoms with E-state index < -0.39 is 10.9 Å². The predicted octanol–water partition coefficient (Wildman–Crippen LogP) is 3.64. The Kier molecular flexibility index (Phi) is 4.18. The molecule has 2 N–H and O–H groups in total. The van der Waals surface area contributed by atoms with Gasteiger partial charge < -0.3 is 10.4 Å². The second-order valence-corrected chi connectivity index (χ2v) is 5.06. The van der Waals surface area contributed by atoms with Crippen LogP contribution in [-0.4, -0.2) is 16.0 Å². The van der Waals surface area contributed by atoms with Crippen molar-refractivity contribution in [2.75, 3.05) is 5.32 Å². The van der Waals surface area contributed by atoms with Crippen LogP contribution in [0.25, 0.3) is 0 Å². The van der Waals surface area contributed by atoms with Crippen LogP contribution in [0.4, 0.5) is 17.1 Å². The number of anilines is 2. The molecule has 0 heterocycles. The molecule has 0 aliphatic heterocycles. The van der Waals surface area contributed by atoms with E-state index in [1.165, 1.54) is 12.1 Å². The smallest absolute Gasteiger partial charge is 0.338 e. The normalized spacial score (nSPS) is 10.1. The largest absolute Gasteiger partial charge is 0.478 e. The van der Waals surface area contributed by atoms with Crippen molar-refractivity contribution in [3.05, 3.63) is 61.7 Å². The Morgan fingerprint density at radius 2 is 1.90 bits per heavy atom. The van der Waals surface area contributed by atoms with E-state index in [-0.39, 0.29) is 11.3 Å². The Bertz CT molecular complexity index is 688. The first-order valence-corrected chi connectivity index (χ1v) is 6.60. The van der Waals surface area contributed by atoms with Crippen LogP contribution in [0.15, 0.2) is 42.5 Å². The summed E-state index contributed by atoms with van der Waals surface area (Å²) in [6.45, 7) is 0. The third-order valence-corrected chi connectivity index (χ3v) is 3.53. The number of aromatic carboxylic acids is 1. The van der Waals surface area contributed by atoms with Gasteiger partial charge in [0, 0.05) is 15.7 Å². The molecule has 0 unspecified atom stereocenters. The zero-order chi connectivity index (χ0) is 14.7. The highest BCUT2D eigenvalue weighted by atomic mass is 127. The molecule has 0 amide bonds. The molecule has 2 rings (SSSR count). The van der Waals surface area contributed by atoms with Crippen molar-refractivity contribution in [2.24, 2.45) is 0 Å². The Balaban J connectivity index is 2.44. The first kappa shape index (κ1) is 14.3. The molecule has 7 heteroatoms. The molecule has 0 spiro atoms. The van der Waals surface area contributed by atoms with Gasteiger partial charge in [-0.2, -0.15) is 0 Å². The molecule has 0 radical (unpaired) electrons. The zero-order valence-corrected chi connectivity index (χ0v) is 12.2. The maximum absolute atomic E-state index is 11.2. The molecular weight excluding hydrogens is 375 g/mol. The van der Waals surface area contributed by atoms with Crippen LogP contribution in [-0.2, 0) is 0 Å². The molecule has 0 atom stereocenters. The molecule has 2 aromatic carbocycles. The fourth-order valence-corrected chi connectivity index (χ4v) is 2.16. The van der Waals surface area contributed by atoms with E-state index >= 15 is 0 Å². The maximum atomic E-state index is 11.2. The first-order valence-electron chi connectivity index (χ1n) is 5.52. The summed E-state index contributed by atoms with van der Waals surface area (Å²) in [6.07, 6.45) is 0. The number of nitrogens with one attached hydrogen (secondary N) is 1. The highest BCUT2D eigenvalue weighted by Gasteiger charge is 2.16. The summed E-state index contributed by atoms with van der Waals surface area (Å²) in [4.78, 5) is 21.3. The van der Waals surface area contributed by atoms with Crippen molar-refractivity contribution in [1.82, 2.24) is 0 Å². The number of nitrogens with zero attached hydrogens (tertiary/aromatic N) is 1. The van der Waals surface area contributed by atoms with Crippen molar-refractivity contribution >= 4 is 45.6 Å². The summed E-state index contributed by atoms with van der Waals surface area (Å²) in [6, 6.07) is 11.1. The number of carbonyl (C=O) groups is 1. The number of nitro benzene ring substituents is 1. The van der Waals surface area contributed by atoms with Crippen LogP contribution in [0.5, 0.6) is 0 Å². The minimum atomic E-state index is -1.22. The Morgan fingerprint density at radius 3 is 2.50 bits per heavy atom. The number of carboxylic acids is 1. The molecule has 0 aliphatic rings. The number of benzene rings is 2. The number of rotatable bonds is 4. The molecule has 0 saturated heterocycles. The molecule has 0 bridgehead atoms. The number of hydrogen-bond donors (Lipinski definition) is 2. The van der Waals surface area contributed by atoms with Crippen LogP contribution in [0, 0.1) is 13.7 Å². The number of para-hydroxylation sites is 1. The van der Waals surface area contributed by atoms with E-state index in [4.69, 9.17) is 5.11 Å². The maximum Gasteiger partial charge on any atom is 0.338 e. The second kappa shape index (κ2) is 5.87. The van der Waals surface area contributed by atoms with E-state index in [0.29, 0.717) is 5.69 Å². The fraction of sp³-hybridized carbons (Fsp3) is 0. The lowest BCUT2D eigenvalue weighted by atomic mass is 10.1. The van der Waals surface area contributed by atoms with Crippen LogP contribution in [0.1, 0.15) is 10.4 Å². The summed E-state index contributed by atoms with van der Waals surface area (Å²) in [5, 5.41) is 22.8. The number of non-ortho nitro benzene ring substituents is 1. The van der Waals surface area contributed by atoms with Gasteiger partial charge in [0.2, 0.25) is 0 Å². The van der Waals surface area contributed by atoms with Gasteiger partial charge in [-0.3, -0.25) is 10.1 Å². The summed E-state index contributed by atoms with van der Waals surface area (Å²) >= 11 is 2.12. The summed E-state index contributed by atoms with van der Waals surface area (Å²) in [5.74, 6) is -1.22. The van der Waals surface area contributed by atoms with Gasteiger partial charge in [-0.25, -0.2) is 4.79 Å². The van der Waals surface area contributed by atoms with Gasteiger partial charge in [0.15, 0.2) is 0 Å². The number of nitro groups is 1. The lowest BCUT2D eigenvalue weighted by Gasteiger charge is -2.11. The van der Waals surface area contributed by atoms with Crippen LogP contribution >= 0.6 is 22.6 Å². The highest BCUT2D eigenvalue weighted by Crippen LogP contribution is 2.27. The average molecular weight is 384 g/mol. The standard InChI is InChI=1S/C13H9IN2O4/c14-10-3-1-2-4-12(10)15-11-6-5-8(16(19)20)7-9(11)13(17)18/h1-7,15H,(H,17,18). The van der Waals surface area contributed by atoms with Crippen LogP contribution in [0.3, 0.4) is 0 Å². The van der Waals surface area contributed by atoms with Gasteiger partial charge in [0.25, 0.3) is 5.69 Å². The molecule has 0 aliphatic carbocycles. The molecule has 6 nitrogen and oxygen atoms in total. The number of carboxylic acid groups (broad SMARTS) is 1. The lowest BCUT2D eigenvalue weighted by molar-refractivity contribution is -0.384. The Labute approximate surface area is 127 Å². The molecular formula is C13H9IN2O4. The van der Waals surface area contributed by atoms with E-state index in [2.05, 4.69) is 27.9 Å². The molecule has 0 fully saturated rings. The quantitative estimate of drug-likeness (QED) is 0.477. The Morgan fingerprint density at radius 1 is 1.20 bits per heavy atom. The average Bonchev–Trinajstić information content (AvgIpc) is 2.41. The third-order valence-electron chi connectivity index (χ3n) is 2.59. The van der Waals surface area contributed by atoms with Gasteiger partial charge in [0.05, 0.1) is 21.9 Å². The summed E-state index contributed by atoms with van der Waals surface area (Å²) < 4.78 is 0.916. The first-order chi connectivity index (χ1) is 9.49. The van der Waals surface area contributed by atoms with Crippen molar-refractivity contribution in [3.8, 4) is 0 Å². The molecule has 0 saturated carbocycles. The number of halogens is 1. The van der Waals surface area contributed by atoms with Crippen LogP contribution in [0.2, 0.25) is 0 Å². The van der Waals surface area contributed by atoms with Gasteiger partial charge in [-0.15, -0.1) is 0 Å². The van der Waals surface area contributed by atoms with E-state index in [1.54, 1.807) is 6.07 Å². The van der Waals surface area contributed by atoms with E-state index in [0.717, 1.165) is 15.3 Å². The molecule has 102 valence electrons. The zero-order valence-electron chi connectivity index (χ0n) is 10.0. The monoisotopic (exact) mass is 384 g/mol.